The number of ether oxygens (including phenoxy) is 1. The highest BCUT2D eigenvalue weighted by atomic mass is 35.5. The summed E-state index contributed by atoms with van der Waals surface area (Å²) in [6.45, 7) is 0.636. The summed E-state index contributed by atoms with van der Waals surface area (Å²) >= 11 is 13.3. The quantitative estimate of drug-likeness (QED) is 0.921. The van der Waals surface area contributed by atoms with Crippen molar-refractivity contribution in [3.63, 3.8) is 0 Å². The van der Waals surface area contributed by atoms with E-state index in [1.54, 1.807) is 19.4 Å². The van der Waals surface area contributed by atoms with E-state index < -0.39 is 0 Å². The first-order valence-electron chi connectivity index (χ1n) is 4.86. The van der Waals surface area contributed by atoms with Gasteiger partial charge in [0.05, 0.1) is 24.4 Å². The summed E-state index contributed by atoms with van der Waals surface area (Å²) in [5.41, 5.74) is 0.829. The Labute approximate surface area is 113 Å². The van der Waals surface area contributed by atoms with Crippen LogP contribution in [0.5, 0.6) is 5.75 Å². The number of thiazole rings is 1. The number of methoxy groups -OCH3 is 1. The first-order chi connectivity index (χ1) is 8.19. The van der Waals surface area contributed by atoms with Gasteiger partial charge >= 0.3 is 0 Å². The summed E-state index contributed by atoms with van der Waals surface area (Å²) in [7, 11) is 1.62. The second kappa shape index (κ2) is 5.58. The van der Waals surface area contributed by atoms with Crippen LogP contribution in [0.15, 0.2) is 24.4 Å². The summed E-state index contributed by atoms with van der Waals surface area (Å²) < 4.78 is 5.68. The van der Waals surface area contributed by atoms with E-state index in [-0.39, 0.29) is 0 Å². The van der Waals surface area contributed by atoms with E-state index in [9.17, 15) is 0 Å². The van der Waals surface area contributed by atoms with Gasteiger partial charge in [0.1, 0.15) is 5.75 Å². The standard InChI is InChI=1S/C11H10Cl2N2OS/c1-16-7-2-3-9(12)10(4-7)14-5-8-6-15-11(13)17-8/h2-4,6,14H,5H2,1H3. The maximum absolute atomic E-state index is 6.07. The average Bonchev–Trinajstić information content (AvgIpc) is 2.74. The monoisotopic (exact) mass is 288 g/mol. The Morgan fingerprint density at radius 2 is 2.24 bits per heavy atom. The second-order valence-corrected chi connectivity index (χ2v) is 5.38. The minimum atomic E-state index is 0.540. The molecule has 6 heteroatoms. The largest absolute Gasteiger partial charge is 0.497 e. The van der Waals surface area contributed by atoms with Crippen molar-refractivity contribution in [1.82, 2.24) is 4.98 Å². The van der Waals surface area contributed by atoms with Crippen molar-refractivity contribution in [1.29, 1.82) is 0 Å². The van der Waals surface area contributed by atoms with Gasteiger partial charge in [-0.3, -0.25) is 0 Å². The van der Waals surface area contributed by atoms with Gasteiger partial charge in [0.2, 0.25) is 0 Å². The fourth-order valence-corrected chi connectivity index (χ4v) is 2.42. The Hall–Kier alpha value is -0.970. The molecule has 0 aliphatic rings. The zero-order valence-electron chi connectivity index (χ0n) is 9.04. The highest BCUT2D eigenvalue weighted by Crippen LogP contribution is 2.27. The molecule has 1 N–H and O–H groups in total. The van der Waals surface area contributed by atoms with E-state index in [1.807, 2.05) is 12.1 Å². The molecule has 0 radical (unpaired) electrons. The first-order valence-corrected chi connectivity index (χ1v) is 6.44. The molecule has 0 unspecified atom stereocenters. The zero-order chi connectivity index (χ0) is 12.3. The van der Waals surface area contributed by atoms with Crippen molar-refractivity contribution in [2.75, 3.05) is 12.4 Å². The van der Waals surface area contributed by atoms with Gasteiger partial charge in [-0.2, -0.15) is 0 Å². The number of hydrogen-bond donors (Lipinski definition) is 1. The summed E-state index contributed by atoms with van der Waals surface area (Å²) in [6, 6.07) is 5.46. The SMILES string of the molecule is COc1ccc(Cl)c(NCc2cnc(Cl)s2)c1. The topological polar surface area (TPSA) is 34.1 Å². The third kappa shape index (κ3) is 3.25. The van der Waals surface area contributed by atoms with E-state index in [4.69, 9.17) is 27.9 Å². The van der Waals surface area contributed by atoms with Crippen LogP contribution in [0.25, 0.3) is 0 Å². The van der Waals surface area contributed by atoms with Crippen molar-refractivity contribution in [3.05, 3.63) is 38.8 Å². The second-order valence-electron chi connectivity index (χ2n) is 3.28. The van der Waals surface area contributed by atoms with E-state index in [2.05, 4.69) is 10.3 Å². The van der Waals surface area contributed by atoms with Gasteiger partial charge in [0.15, 0.2) is 4.47 Å². The van der Waals surface area contributed by atoms with Gasteiger partial charge in [0, 0.05) is 17.1 Å². The molecule has 1 aromatic heterocycles. The molecule has 2 aromatic rings. The Morgan fingerprint density at radius 1 is 1.41 bits per heavy atom. The number of aromatic nitrogens is 1. The average molecular weight is 289 g/mol. The van der Waals surface area contributed by atoms with Crippen molar-refractivity contribution in [3.8, 4) is 5.75 Å². The van der Waals surface area contributed by atoms with Crippen molar-refractivity contribution < 1.29 is 4.74 Å². The number of benzene rings is 1. The summed E-state index contributed by atoms with van der Waals surface area (Å²) in [5, 5.41) is 3.87. The lowest BCUT2D eigenvalue weighted by molar-refractivity contribution is 0.415. The minimum Gasteiger partial charge on any atom is -0.497 e. The van der Waals surface area contributed by atoms with Crippen LogP contribution in [0.3, 0.4) is 0 Å². The summed E-state index contributed by atoms with van der Waals surface area (Å²) in [6.07, 6.45) is 1.74. The van der Waals surface area contributed by atoms with Crippen LogP contribution in [0.4, 0.5) is 5.69 Å². The number of hydrogen-bond acceptors (Lipinski definition) is 4. The van der Waals surface area contributed by atoms with Crippen molar-refractivity contribution in [2.45, 2.75) is 6.54 Å². The van der Waals surface area contributed by atoms with Gasteiger partial charge in [-0.05, 0) is 12.1 Å². The highest BCUT2D eigenvalue weighted by Gasteiger charge is 2.04. The van der Waals surface area contributed by atoms with E-state index in [0.29, 0.717) is 16.0 Å². The van der Waals surface area contributed by atoms with Gasteiger partial charge in [-0.15, -0.1) is 11.3 Å². The maximum atomic E-state index is 6.07. The van der Waals surface area contributed by atoms with Crippen LogP contribution >= 0.6 is 34.5 Å². The normalized spacial score (nSPS) is 10.3. The lowest BCUT2D eigenvalue weighted by Gasteiger charge is -2.08. The molecule has 0 aliphatic carbocycles. The number of halogens is 2. The van der Waals surface area contributed by atoms with Crippen LogP contribution < -0.4 is 10.1 Å². The molecule has 0 saturated heterocycles. The Bertz CT molecular complexity index is 516. The molecule has 0 spiro atoms. The Kier molecular flexibility index (Phi) is 4.10. The molecule has 0 saturated carbocycles. The fraction of sp³-hybridized carbons (Fsp3) is 0.182. The number of rotatable bonds is 4. The lowest BCUT2D eigenvalue weighted by Crippen LogP contribution is -1.98. The Morgan fingerprint density at radius 3 is 2.88 bits per heavy atom. The highest BCUT2D eigenvalue weighted by molar-refractivity contribution is 7.15. The molecule has 1 heterocycles. The van der Waals surface area contributed by atoms with Gasteiger partial charge in [-0.25, -0.2) is 4.98 Å². The van der Waals surface area contributed by atoms with Gasteiger partial charge in [0.25, 0.3) is 0 Å². The van der Waals surface area contributed by atoms with E-state index in [1.165, 1.54) is 11.3 Å². The third-order valence-electron chi connectivity index (χ3n) is 2.15. The molecule has 0 aliphatic heterocycles. The van der Waals surface area contributed by atoms with Crippen molar-refractivity contribution in [2.24, 2.45) is 0 Å². The fourth-order valence-electron chi connectivity index (χ4n) is 1.31. The van der Waals surface area contributed by atoms with Crippen LogP contribution in [-0.2, 0) is 6.54 Å². The number of anilines is 1. The van der Waals surface area contributed by atoms with Crippen LogP contribution in [0.2, 0.25) is 9.49 Å². The zero-order valence-corrected chi connectivity index (χ0v) is 11.4. The molecular weight excluding hydrogens is 279 g/mol. The van der Waals surface area contributed by atoms with Crippen LogP contribution in [-0.4, -0.2) is 12.1 Å². The molecule has 90 valence electrons. The molecule has 2 rings (SSSR count). The van der Waals surface area contributed by atoms with E-state index >= 15 is 0 Å². The smallest absolute Gasteiger partial charge is 0.183 e. The van der Waals surface area contributed by atoms with Crippen LogP contribution in [0, 0.1) is 0 Å². The molecule has 0 fully saturated rings. The third-order valence-corrected chi connectivity index (χ3v) is 3.60. The van der Waals surface area contributed by atoms with Crippen molar-refractivity contribution >= 4 is 40.2 Å². The molecule has 0 atom stereocenters. The molecule has 0 amide bonds. The van der Waals surface area contributed by atoms with Gasteiger partial charge in [-0.1, -0.05) is 23.2 Å². The predicted octanol–water partition coefficient (Wildman–Crippen LogP) is 4.07. The molecule has 17 heavy (non-hydrogen) atoms. The minimum absolute atomic E-state index is 0.540. The molecular formula is C11H10Cl2N2OS. The molecule has 3 nitrogen and oxygen atoms in total. The summed E-state index contributed by atoms with van der Waals surface area (Å²) in [4.78, 5) is 5.02. The molecule has 0 bridgehead atoms. The maximum Gasteiger partial charge on any atom is 0.183 e. The Balaban J connectivity index is 2.07. The number of nitrogens with one attached hydrogen (secondary N) is 1. The first kappa shape index (κ1) is 12.5. The predicted molar refractivity (Wildman–Crippen MR) is 72.5 cm³/mol. The van der Waals surface area contributed by atoms with Gasteiger partial charge < -0.3 is 10.1 Å². The summed E-state index contributed by atoms with van der Waals surface area (Å²) in [5.74, 6) is 0.763. The molecule has 1 aromatic carbocycles. The lowest BCUT2D eigenvalue weighted by atomic mass is 10.3. The van der Waals surface area contributed by atoms with Crippen LogP contribution in [0.1, 0.15) is 4.88 Å². The van der Waals surface area contributed by atoms with E-state index in [0.717, 1.165) is 16.3 Å². The number of nitrogens with zero attached hydrogens (tertiary/aromatic N) is 1.